The van der Waals surface area contributed by atoms with Crippen LogP contribution < -0.4 is 14.8 Å². The Morgan fingerprint density at radius 3 is 2.27 bits per heavy atom. The second-order valence-electron chi connectivity index (χ2n) is 4.38. The molecule has 0 aliphatic heterocycles. The van der Waals surface area contributed by atoms with Crippen molar-refractivity contribution in [1.82, 2.24) is 4.98 Å². The Hall–Kier alpha value is -2.35. The molecule has 2 rings (SSSR count). The number of ether oxygens (including phenoxy) is 2. The lowest BCUT2D eigenvalue weighted by Crippen LogP contribution is -2.00. The number of halogens is 1. The standard InChI is InChI=1S/C14H14BrN3O4/c1-8-10(18(19)20)4-5-13(16-8)17-9-6-11(21-2)14(15)12(7-9)22-3/h4-7H,1-3H3,(H,16,17). The molecule has 0 radical (unpaired) electrons. The molecule has 1 aromatic carbocycles. The van der Waals surface area contributed by atoms with E-state index in [-0.39, 0.29) is 5.69 Å². The molecule has 0 saturated carbocycles. The number of pyridine rings is 1. The number of benzene rings is 1. The highest BCUT2D eigenvalue weighted by molar-refractivity contribution is 9.10. The highest BCUT2D eigenvalue weighted by atomic mass is 79.9. The van der Waals surface area contributed by atoms with E-state index in [0.717, 1.165) is 0 Å². The van der Waals surface area contributed by atoms with Crippen LogP contribution in [0, 0.1) is 17.0 Å². The average Bonchev–Trinajstić information content (AvgIpc) is 2.48. The first kappa shape index (κ1) is 16.0. The Kier molecular flexibility index (Phi) is 4.81. The van der Waals surface area contributed by atoms with Crippen molar-refractivity contribution in [2.75, 3.05) is 19.5 Å². The second kappa shape index (κ2) is 6.61. The lowest BCUT2D eigenvalue weighted by molar-refractivity contribution is -0.385. The van der Waals surface area contributed by atoms with Crippen LogP contribution in [-0.4, -0.2) is 24.1 Å². The van der Waals surface area contributed by atoms with E-state index in [4.69, 9.17) is 9.47 Å². The maximum atomic E-state index is 10.8. The van der Waals surface area contributed by atoms with Gasteiger partial charge in [0.2, 0.25) is 0 Å². The fraction of sp³-hybridized carbons (Fsp3) is 0.214. The molecule has 0 spiro atoms. The molecule has 1 heterocycles. The van der Waals surface area contributed by atoms with Crippen LogP contribution >= 0.6 is 15.9 Å². The van der Waals surface area contributed by atoms with Gasteiger partial charge in [0.25, 0.3) is 5.69 Å². The molecule has 0 aliphatic carbocycles. The number of hydrogen-bond donors (Lipinski definition) is 1. The van der Waals surface area contributed by atoms with Gasteiger partial charge in [-0.25, -0.2) is 4.98 Å². The molecular formula is C14H14BrN3O4. The zero-order valence-electron chi connectivity index (χ0n) is 12.2. The number of rotatable bonds is 5. The Labute approximate surface area is 135 Å². The minimum atomic E-state index is -0.461. The first-order valence-corrected chi connectivity index (χ1v) is 7.06. The van der Waals surface area contributed by atoms with E-state index in [1.807, 2.05) is 0 Å². The second-order valence-corrected chi connectivity index (χ2v) is 5.17. The van der Waals surface area contributed by atoms with Gasteiger partial charge in [-0.1, -0.05) is 0 Å². The molecule has 2 aromatic rings. The Morgan fingerprint density at radius 1 is 1.23 bits per heavy atom. The Bertz CT molecular complexity index is 696. The Balaban J connectivity index is 2.35. The summed E-state index contributed by atoms with van der Waals surface area (Å²) in [5.41, 5.74) is 1.01. The third kappa shape index (κ3) is 3.28. The molecule has 22 heavy (non-hydrogen) atoms. The molecule has 0 atom stereocenters. The molecule has 0 bridgehead atoms. The van der Waals surface area contributed by atoms with Crippen molar-refractivity contribution in [2.45, 2.75) is 6.92 Å². The summed E-state index contributed by atoms with van der Waals surface area (Å²) in [6, 6.07) is 6.50. The number of hydrogen-bond acceptors (Lipinski definition) is 6. The topological polar surface area (TPSA) is 86.5 Å². The molecule has 0 aliphatic rings. The molecule has 1 aromatic heterocycles. The van der Waals surface area contributed by atoms with Gasteiger partial charge in [0.15, 0.2) is 0 Å². The van der Waals surface area contributed by atoms with Crippen LogP contribution in [0.3, 0.4) is 0 Å². The predicted octanol–water partition coefficient (Wildman–Crippen LogP) is 3.82. The van der Waals surface area contributed by atoms with Gasteiger partial charge in [0.05, 0.1) is 19.1 Å². The van der Waals surface area contributed by atoms with Gasteiger partial charge < -0.3 is 14.8 Å². The third-order valence-electron chi connectivity index (χ3n) is 2.97. The molecule has 7 nitrogen and oxygen atoms in total. The van der Waals surface area contributed by atoms with E-state index in [1.54, 1.807) is 39.3 Å². The summed E-state index contributed by atoms with van der Waals surface area (Å²) in [5, 5.41) is 13.9. The van der Waals surface area contributed by atoms with E-state index in [9.17, 15) is 10.1 Å². The zero-order valence-corrected chi connectivity index (χ0v) is 13.8. The number of aromatic nitrogens is 1. The van der Waals surface area contributed by atoms with Gasteiger partial charge in [-0.05, 0) is 28.9 Å². The summed E-state index contributed by atoms with van der Waals surface area (Å²) in [7, 11) is 3.11. The maximum Gasteiger partial charge on any atom is 0.290 e. The van der Waals surface area contributed by atoms with Crippen LogP contribution in [0.5, 0.6) is 11.5 Å². The molecule has 0 fully saturated rings. The SMILES string of the molecule is COc1cc(Nc2ccc([N+](=O)[O-])c(C)n2)cc(OC)c1Br. The summed E-state index contributed by atoms with van der Waals surface area (Å²) in [5.74, 6) is 1.69. The smallest absolute Gasteiger partial charge is 0.290 e. The fourth-order valence-electron chi connectivity index (χ4n) is 1.91. The van der Waals surface area contributed by atoms with E-state index >= 15 is 0 Å². The van der Waals surface area contributed by atoms with E-state index in [0.29, 0.717) is 33.2 Å². The van der Waals surface area contributed by atoms with Crippen LogP contribution in [-0.2, 0) is 0 Å². The number of methoxy groups -OCH3 is 2. The van der Waals surface area contributed by atoms with Crippen LogP contribution in [0.2, 0.25) is 0 Å². The van der Waals surface area contributed by atoms with Gasteiger partial charge in [-0.15, -0.1) is 0 Å². The van der Waals surface area contributed by atoms with E-state index in [2.05, 4.69) is 26.2 Å². The lowest BCUT2D eigenvalue weighted by atomic mass is 10.2. The van der Waals surface area contributed by atoms with Crippen molar-refractivity contribution < 1.29 is 14.4 Å². The van der Waals surface area contributed by atoms with Crippen LogP contribution in [0.15, 0.2) is 28.7 Å². The van der Waals surface area contributed by atoms with Gasteiger partial charge in [0.1, 0.15) is 27.5 Å². The average molecular weight is 368 g/mol. The molecular weight excluding hydrogens is 354 g/mol. The van der Waals surface area contributed by atoms with Crippen LogP contribution in [0.4, 0.5) is 17.2 Å². The zero-order chi connectivity index (χ0) is 16.3. The fourth-order valence-corrected chi connectivity index (χ4v) is 2.46. The third-order valence-corrected chi connectivity index (χ3v) is 3.75. The normalized spacial score (nSPS) is 10.2. The minimum Gasteiger partial charge on any atom is -0.495 e. The van der Waals surface area contributed by atoms with Gasteiger partial charge in [-0.3, -0.25) is 10.1 Å². The number of aryl methyl sites for hydroxylation is 1. The highest BCUT2D eigenvalue weighted by Crippen LogP contribution is 2.38. The summed E-state index contributed by atoms with van der Waals surface area (Å²) in [6.45, 7) is 1.59. The largest absolute Gasteiger partial charge is 0.495 e. The predicted molar refractivity (Wildman–Crippen MR) is 86.2 cm³/mol. The molecule has 116 valence electrons. The van der Waals surface area contributed by atoms with Crippen molar-refractivity contribution in [3.63, 3.8) is 0 Å². The van der Waals surface area contributed by atoms with Crippen molar-refractivity contribution >= 4 is 33.1 Å². The van der Waals surface area contributed by atoms with Crippen LogP contribution in [0.1, 0.15) is 5.69 Å². The summed E-state index contributed by atoms with van der Waals surface area (Å²) in [4.78, 5) is 14.5. The van der Waals surface area contributed by atoms with E-state index < -0.39 is 4.92 Å². The first-order chi connectivity index (χ1) is 10.5. The summed E-state index contributed by atoms with van der Waals surface area (Å²) >= 11 is 3.39. The molecule has 1 N–H and O–H groups in total. The Morgan fingerprint density at radius 2 is 1.82 bits per heavy atom. The van der Waals surface area contributed by atoms with Gasteiger partial charge in [-0.2, -0.15) is 0 Å². The lowest BCUT2D eigenvalue weighted by Gasteiger charge is -2.13. The first-order valence-electron chi connectivity index (χ1n) is 6.27. The quantitative estimate of drug-likeness (QED) is 0.638. The number of nitrogens with one attached hydrogen (secondary N) is 1. The van der Waals surface area contributed by atoms with Gasteiger partial charge in [0, 0.05) is 23.9 Å². The van der Waals surface area contributed by atoms with Crippen molar-refractivity contribution in [2.24, 2.45) is 0 Å². The summed E-state index contributed by atoms with van der Waals surface area (Å²) < 4.78 is 11.2. The maximum absolute atomic E-state index is 10.8. The molecule has 0 saturated heterocycles. The number of anilines is 2. The van der Waals surface area contributed by atoms with Crippen molar-refractivity contribution in [3.8, 4) is 11.5 Å². The number of nitro groups is 1. The van der Waals surface area contributed by atoms with Crippen molar-refractivity contribution in [1.29, 1.82) is 0 Å². The molecule has 0 unspecified atom stereocenters. The number of nitrogens with zero attached hydrogens (tertiary/aromatic N) is 2. The van der Waals surface area contributed by atoms with Crippen LogP contribution in [0.25, 0.3) is 0 Å². The summed E-state index contributed by atoms with van der Waals surface area (Å²) in [6.07, 6.45) is 0. The van der Waals surface area contributed by atoms with E-state index in [1.165, 1.54) is 6.07 Å². The molecule has 8 heteroatoms. The molecule has 0 amide bonds. The highest BCUT2D eigenvalue weighted by Gasteiger charge is 2.13. The van der Waals surface area contributed by atoms with Gasteiger partial charge >= 0.3 is 0 Å². The van der Waals surface area contributed by atoms with Crippen molar-refractivity contribution in [3.05, 3.63) is 44.5 Å². The minimum absolute atomic E-state index is 0.0171. The monoisotopic (exact) mass is 367 g/mol.